The Morgan fingerprint density at radius 1 is 1.00 bits per heavy atom. The average Bonchev–Trinajstić information content (AvgIpc) is 2.77. The monoisotopic (exact) mass is 406 g/mol. The number of hydrogen-bond donors (Lipinski definition) is 1. The number of pyridine rings is 1. The largest absolute Gasteiger partial charge is 0.493 e. The summed E-state index contributed by atoms with van der Waals surface area (Å²) in [6.45, 7) is 0. The Morgan fingerprint density at radius 2 is 1.70 bits per heavy atom. The number of nitrogens with zero attached hydrogens (tertiary/aromatic N) is 3. The van der Waals surface area contributed by atoms with Gasteiger partial charge in [-0.1, -0.05) is 12.1 Å². The first-order valence-electron chi connectivity index (χ1n) is 8.70. The molecule has 1 aromatic heterocycles. The van der Waals surface area contributed by atoms with Crippen LogP contribution in [0.25, 0.3) is 22.4 Å². The minimum absolute atomic E-state index is 0.0556. The van der Waals surface area contributed by atoms with E-state index in [1.54, 1.807) is 36.4 Å². The summed E-state index contributed by atoms with van der Waals surface area (Å²) in [6.07, 6.45) is 0. The summed E-state index contributed by atoms with van der Waals surface area (Å²) in [7, 11) is 4.42. The molecule has 0 aliphatic heterocycles. The molecule has 0 aliphatic carbocycles. The first-order chi connectivity index (χ1) is 14.5. The van der Waals surface area contributed by atoms with E-state index in [2.05, 4.69) is 4.98 Å². The van der Waals surface area contributed by atoms with Crippen LogP contribution in [0, 0.1) is 21.4 Å². The van der Waals surface area contributed by atoms with E-state index in [0.29, 0.717) is 28.4 Å². The lowest BCUT2D eigenvalue weighted by atomic mass is 9.96. The molecule has 0 bridgehead atoms. The SMILES string of the molecule is COc1ccc(-c2cc(-c3ccccc3[N+](=O)[O-])nc(N)c2C#N)c(OC)c1OC. The Morgan fingerprint density at radius 3 is 2.30 bits per heavy atom. The normalized spacial score (nSPS) is 10.2. The molecule has 152 valence electrons. The molecule has 3 aromatic rings. The van der Waals surface area contributed by atoms with Crippen LogP contribution < -0.4 is 19.9 Å². The third kappa shape index (κ3) is 3.42. The number of rotatable bonds is 6. The minimum atomic E-state index is -0.498. The molecule has 2 aromatic carbocycles. The molecule has 0 radical (unpaired) electrons. The van der Waals surface area contributed by atoms with Gasteiger partial charge in [-0.05, 0) is 24.3 Å². The van der Waals surface area contributed by atoms with Gasteiger partial charge in [0, 0.05) is 17.2 Å². The second-order valence-electron chi connectivity index (χ2n) is 6.08. The van der Waals surface area contributed by atoms with E-state index in [1.165, 1.54) is 27.4 Å². The van der Waals surface area contributed by atoms with E-state index in [-0.39, 0.29) is 28.3 Å². The van der Waals surface area contributed by atoms with Crippen molar-refractivity contribution in [1.29, 1.82) is 5.26 Å². The predicted octanol–water partition coefficient (Wildman–Crippen LogP) is 3.80. The second-order valence-corrected chi connectivity index (χ2v) is 6.08. The number of para-hydroxylation sites is 1. The highest BCUT2D eigenvalue weighted by Crippen LogP contribution is 2.46. The summed E-state index contributed by atoms with van der Waals surface area (Å²) in [5.74, 6) is 1.05. The van der Waals surface area contributed by atoms with Gasteiger partial charge in [0.1, 0.15) is 17.5 Å². The zero-order valence-corrected chi connectivity index (χ0v) is 16.5. The lowest BCUT2D eigenvalue weighted by Crippen LogP contribution is -2.03. The third-order valence-corrected chi connectivity index (χ3v) is 4.53. The molecule has 0 aliphatic rings. The van der Waals surface area contributed by atoms with Gasteiger partial charge in [0.2, 0.25) is 5.75 Å². The van der Waals surface area contributed by atoms with Crippen molar-refractivity contribution in [3.8, 4) is 45.7 Å². The molecule has 3 rings (SSSR count). The van der Waals surface area contributed by atoms with Gasteiger partial charge >= 0.3 is 0 Å². The van der Waals surface area contributed by atoms with Crippen molar-refractivity contribution in [2.75, 3.05) is 27.1 Å². The number of hydrogen-bond acceptors (Lipinski definition) is 8. The first-order valence-corrected chi connectivity index (χ1v) is 8.70. The maximum Gasteiger partial charge on any atom is 0.278 e. The molecule has 9 nitrogen and oxygen atoms in total. The number of nitriles is 1. The molecule has 0 atom stereocenters. The Kier molecular flexibility index (Phi) is 5.69. The number of nitrogen functional groups attached to an aromatic ring is 1. The maximum absolute atomic E-state index is 11.5. The standard InChI is InChI=1S/C21H18N4O5/c1-28-18-9-8-12(19(29-2)20(18)30-3)14-10-16(24-21(23)15(14)11-22)13-6-4-5-7-17(13)25(26)27/h4-10H,1-3H3,(H2,23,24). The van der Waals surface area contributed by atoms with Crippen LogP contribution in [0.1, 0.15) is 5.56 Å². The third-order valence-electron chi connectivity index (χ3n) is 4.53. The van der Waals surface area contributed by atoms with Crippen LogP contribution in [-0.4, -0.2) is 31.2 Å². The molecule has 9 heteroatoms. The van der Waals surface area contributed by atoms with Crippen LogP contribution in [0.2, 0.25) is 0 Å². The topological polar surface area (TPSA) is 134 Å². The molecule has 0 fully saturated rings. The summed E-state index contributed by atoms with van der Waals surface area (Å²) < 4.78 is 16.3. The molecule has 2 N–H and O–H groups in total. The predicted molar refractivity (Wildman–Crippen MR) is 111 cm³/mol. The van der Waals surface area contributed by atoms with Crippen LogP contribution in [0.5, 0.6) is 17.2 Å². The fourth-order valence-electron chi connectivity index (χ4n) is 3.20. The summed E-state index contributed by atoms with van der Waals surface area (Å²) in [4.78, 5) is 15.2. The second kappa shape index (κ2) is 8.36. The number of benzene rings is 2. The summed E-state index contributed by atoms with van der Waals surface area (Å²) in [5.41, 5.74) is 7.47. The number of aromatic nitrogens is 1. The zero-order chi connectivity index (χ0) is 21.8. The van der Waals surface area contributed by atoms with Crippen molar-refractivity contribution < 1.29 is 19.1 Å². The molecule has 30 heavy (non-hydrogen) atoms. The number of nitrogens with two attached hydrogens (primary N) is 1. The van der Waals surface area contributed by atoms with Gasteiger partial charge in [0.05, 0.1) is 37.5 Å². The zero-order valence-electron chi connectivity index (χ0n) is 16.5. The molecule has 0 amide bonds. The molecule has 0 spiro atoms. The molecule has 0 saturated heterocycles. The molecular weight excluding hydrogens is 388 g/mol. The van der Waals surface area contributed by atoms with E-state index in [4.69, 9.17) is 19.9 Å². The number of nitro groups is 1. The highest BCUT2D eigenvalue weighted by molar-refractivity contribution is 5.86. The van der Waals surface area contributed by atoms with Crippen LogP contribution in [0.15, 0.2) is 42.5 Å². The lowest BCUT2D eigenvalue weighted by molar-refractivity contribution is -0.384. The fourth-order valence-corrected chi connectivity index (χ4v) is 3.20. The number of ether oxygens (including phenoxy) is 3. The maximum atomic E-state index is 11.5. The van der Waals surface area contributed by atoms with Crippen LogP contribution in [0.3, 0.4) is 0 Å². The van der Waals surface area contributed by atoms with Gasteiger partial charge in [-0.2, -0.15) is 5.26 Å². The highest BCUT2D eigenvalue weighted by atomic mass is 16.6. The molecule has 0 unspecified atom stereocenters. The smallest absolute Gasteiger partial charge is 0.278 e. The van der Waals surface area contributed by atoms with Gasteiger partial charge in [0.25, 0.3) is 5.69 Å². The van der Waals surface area contributed by atoms with Crippen molar-refractivity contribution in [3.05, 3.63) is 58.1 Å². The van der Waals surface area contributed by atoms with Crippen molar-refractivity contribution in [2.45, 2.75) is 0 Å². The summed E-state index contributed by atoms with van der Waals surface area (Å²) in [6, 6.07) is 13.1. The Hall–Kier alpha value is -4.32. The van der Waals surface area contributed by atoms with Crippen LogP contribution >= 0.6 is 0 Å². The van der Waals surface area contributed by atoms with Gasteiger partial charge in [-0.15, -0.1) is 0 Å². The number of anilines is 1. The summed E-state index contributed by atoms with van der Waals surface area (Å²) in [5, 5.41) is 21.1. The van der Waals surface area contributed by atoms with E-state index in [1.807, 2.05) is 6.07 Å². The van der Waals surface area contributed by atoms with Gasteiger partial charge in [0.15, 0.2) is 11.5 Å². The van der Waals surface area contributed by atoms with E-state index >= 15 is 0 Å². The Labute approximate surface area is 172 Å². The number of methoxy groups -OCH3 is 3. The Bertz CT molecular complexity index is 1170. The quantitative estimate of drug-likeness (QED) is 0.482. The minimum Gasteiger partial charge on any atom is -0.493 e. The van der Waals surface area contributed by atoms with Gasteiger partial charge in [-0.3, -0.25) is 10.1 Å². The van der Waals surface area contributed by atoms with Crippen LogP contribution in [-0.2, 0) is 0 Å². The highest BCUT2D eigenvalue weighted by Gasteiger charge is 2.23. The van der Waals surface area contributed by atoms with Gasteiger partial charge < -0.3 is 19.9 Å². The van der Waals surface area contributed by atoms with Crippen molar-refractivity contribution in [3.63, 3.8) is 0 Å². The van der Waals surface area contributed by atoms with Crippen molar-refractivity contribution >= 4 is 11.5 Å². The summed E-state index contributed by atoms with van der Waals surface area (Å²) >= 11 is 0. The van der Waals surface area contributed by atoms with Crippen molar-refractivity contribution in [1.82, 2.24) is 4.98 Å². The Balaban J connectivity index is 2.35. The van der Waals surface area contributed by atoms with Gasteiger partial charge in [-0.25, -0.2) is 4.98 Å². The molecule has 1 heterocycles. The lowest BCUT2D eigenvalue weighted by Gasteiger charge is -2.17. The van der Waals surface area contributed by atoms with E-state index < -0.39 is 4.92 Å². The average molecular weight is 406 g/mol. The van der Waals surface area contributed by atoms with Crippen LogP contribution in [0.4, 0.5) is 11.5 Å². The van der Waals surface area contributed by atoms with E-state index in [9.17, 15) is 15.4 Å². The molecular formula is C21H18N4O5. The molecule has 0 saturated carbocycles. The first kappa shape index (κ1) is 20.4. The van der Waals surface area contributed by atoms with Crippen molar-refractivity contribution in [2.24, 2.45) is 0 Å². The van der Waals surface area contributed by atoms with E-state index in [0.717, 1.165) is 0 Å². The fraction of sp³-hybridized carbons (Fsp3) is 0.143. The number of nitro benzene ring substituents is 1.